The Balaban J connectivity index is 0. The van der Waals surface area contributed by atoms with Crippen LogP contribution in [0.5, 0.6) is 0 Å². The van der Waals surface area contributed by atoms with Crippen molar-refractivity contribution in [3.05, 3.63) is 0 Å². The summed E-state index contributed by atoms with van der Waals surface area (Å²) in [6, 6.07) is 0. The minimum absolute atomic E-state index is 0.167. The molecule has 0 atom stereocenters. The highest BCUT2D eigenvalue weighted by atomic mass is 16.5. The summed E-state index contributed by atoms with van der Waals surface area (Å²) in [7, 11) is 0. The highest BCUT2D eigenvalue weighted by molar-refractivity contribution is 5.67. The van der Waals surface area contributed by atoms with Gasteiger partial charge in [0.25, 0.3) is 0 Å². The number of rotatable bonds is 7. The maximum absolute atomic E-state index is 9.84. The second-order valence-electron chi connectivity index (χ2n) is 2.58. The van der Waals surface area contributed by atoms with E-state index >= 15 is 0 Å². The van der Waals surface area contributed by atoms with Crippen molar-refractivity contribution in [1.82, 2.24) is 0 Å². The van der Waals surface area contributed by atoms with Crippen LogP contribution in [-0.4, -0.2) is 37.5 Å². The van der Waals surface area contributed by atoms with Gasteiger partial charge < -0.3 is 14.6 Å². The van der Waals surface area contributed by atoms with Crippen LogP contribution in [0, 0.1) is 0 Å². The van der Waals surface area contributed by atoms with E-state index in [2.05, 4.69) is 0 Å². The number of aliphatic carboxylic acids is 1. The number of unbranched alkanes of at least 4 members (excludes halogenated alkanes) is 1. The first-order valence-corrected chi connectivity index (χ1v) is 5.06. The van der Waals surface area contributed by atoms with Gasteiger partial charge in [0.05, 0.1) is 0 Å². The normalized spacial score (nSPS) is 9.07. The Morgan fingerprint density at radius 3 is 2.00 bits per heavy atom. The molecule has 4 heteroatoms. The van der Waals surface area contributed by atoms with E-state index in [4.69, 9.17) is 14.6 Å². The summed E-state index contributed by atoms with van der Waals surface area (Å²) in [5.41, 5.74) is 0. The van der Waals surface area contributed by atoms with Gasteiger partial charge in [-0.25, -0.2) is 4.79 Å². The Morgan fingerprint density at radius 2 is 1.71 bits per heavy atom. The highest BCUT2D eigenvalue weighted by Gasteiger charge is 1.93. The molecule has 0 spiro atoms. The maximum Gasteiger partial charge on any atom is 0.329 e. The lowest BCUT2D eigenvalue weighted by Gasteiger charge is -1.96. The molecule has 0 radical (unpaired) electrons. The van der Waals surface area contributed by atoms with Crippen molar-refractivity contribution in [3.8, 4) is 0 Å². The Labute approximate surface area is 86.2 Å². The number of hydrogen-bond donors (Lipinski definition) is 1. The first kappa shape index (κ1) is 15.8. The van der Waals surface area contributed by atoms with E-state index in [9.17, 15) is 4.79 Å². The lowest BCUT2D eigenvalue weighted by Crippen LogP contribution is -2.07. The Kier molecular flexibility index (Phi) is 16.9. The van der Waals surface area contributed by atoms with Gasteiger partial charge in [0.2, 0.25) is 0 Å². The van der Waals surface area contributed by atoms with Crippen molar-refractivity contribution < 1.29 is 19.4 Å². The molecule has 0 saturated carbocycles. The zero-order chi connectivity index (χ0) is 11.2. The Bertz CT molecular complexity index is 113. The molecule has 0 heterocycles. The molecule has 0 unspecified atom stereocenters. The highest BCUT2D eigenvalue weighted by Crippen LogP contribution is 1.86. The van der Waals surface area contributed by atoms with E-state index in [0.717, 1.165) is 26.1 Å². The first-order chi connectivity index (χ1) is 6.68. The van der Waals surface area contributed by atoms with Crippen LogP contribution in [-0.2, 0) is 14.3 Å². The molecule has 0 aromatic heterocycles. The molecule has 0 aliphatic heterocycles. The van der Waals surface area contributed by atoms with Gasteiger partial charge in [-0.1, -0.05) is 13.3 Å². The monoisotopic (exact) mass is 206 g/mol. The molecule has 1 N–H and O–H groups in total. The molecule has 86 valence electrons. The molecular formula is C10H22O4. The van der Waals surface area contributed by atoms with Crippen LogP contribution in [0.3, 0.4) is 0 Å². The Morgan fingerprint density at radius 1 is 1.14 bits per heavy atom. The molecule has 0 saturated heterocycles. The smallest absolute Gasteiger partial charge is 0.329 e. The lowest BCUT2D eigenvalue weighted by atomic mass is 10.4. The fraction of sp³-hybridized carbons (Fsp3) is 0.900. The minimum Gasteiger partial charge on any atom is -0.480 e. The SMILES string of the molecule is CCCCOCC(=O)O.CCOCC. The van der Waals surface area contributed by atoms with Crippen LogP contribution >= 0.6 is 0 Å². The van der Waals surface area contributed by atoms with Crippen LogP contribution in [0.15, 0.2) is 0 Å². The predicted molar refractivity (Wildman–Crippen MR) is 55.5 cm³/mol. The lowest BCUT2D eigenvalue weighted by molar-refractivity contribution is -0.142. The van der Waals surface area contributed by atoms with E-state index in [1.54, 1.807) is 0 Å². The van der Waals surface area contributed by atoms with Gasteiger partial charge in [-0.05, 0) is 20.3 Å². The van der Waals surface area contributed by atoms with Crippen molar-refractivity contribution >= 4 is 5.97 Å². The molecule has 0 aliphatic rings. The summed E-state index contributed by atoms with van der Waals surface area (Å²) in [6.45, 7) is 8.09. The standard InChI is InChI=1S/C6H12O3.C4H10O/c1-2-3-4-9-5-6(7)8;1-3-5-4-2/h2-5H2,1H3,(H,7,8);3-4H2,1-2H3. The summed E-state index contributed by atoms with van der Waals surface area (Å²) < 4.78 is 9.57. The van der Waals surface area contributed by atoms with Crippen LogP contribution in [0.1, 0.15) is 33.6 Å². The fourth-order valence-corrected chi connectivity index (χ4v) is 0.610. The minimum atomic E-state index is -0.897. The fourth-order valence-electron chi connectivity index (χ4n) is 0.610. The van der Waals surface area contributed by atoms with Gasteiger partial charge in [-0.2, -0.15) is 0 Å². The summed E-state index contributed by atoms with van der Waals surface area (Å²) in [5.74, 6) is -0.897. The third-order valence-corrected chi connectivity index (χ3v) is 1.28. The molecule has 0 aromatic rings. The van der Waals surface area contributed by atoms with Crippen molar-refractivity contribution in [2.24, 2.45) is 0 Å². The van der Waals surface area contributed by atoms with Gasteiger partial charge in [-0.3, -0.25) is 0 Å². The molecule has 0 bridgehead atoms. The summed E-state index contributed by atoms with van der Waals surface area (Å²) in [5, 5.41) is 8.09. The Hall–Kier alpha value is -0.610. The largest absolute Gasteiger partial charge is 0.480 e. The van der Waals surface area contributed by atoms with Gasteiger partial charge in [-0.15, -0.1) is 0 Å². The predicted octanol–water partition coefficient (Wildman–Crippen LogP) is 1.93. The van der Waals surface area contributed by atoms with Gasteiger partial charge in [0.1, 0.15) is 6.61 Å². The summed E-state index contributed by atoms with van der Waals surface area (Å²) >= 11 is 0. The molecule has 0 rings (SSSR count). The number of carboxylic acids is 1. The number of carbonyl (C=O) groups is 1. The third-order valence-electron chi connectivity index (χ3n) is 1.28. The van der Waals surface area contributed by atoms with Gasteiger partial charge in [0.15, 0.2) is 0 Å². The van der Waals surface area contributed by atoms with E-state index in [0.29, 0.717) is 6.61 Å². The van der Waals surface area contributed by atoms with E-state index in [1.807, 2.05) is 20.8 Å². The zero-order valence-electron chi connectivity index (χ0n) is 9.41. The van der Waals surface area contributed by atoms with Crippen molar-refractivity contribution in [1.29, 1.82) is 0 Å². The summed E-state index contributed by atoms with van der Waals surface area (Å²) in [4.78, 5) is 9.84. The van der Waals surface area contributed by atoms with Crippen LogP contribution in [0.25, 0.3) is 0 Å². The number of carboxylic acid groups (broad SMARTS) is 1. The average molecular weight is 206 g/mol. The maximum atomic E-state index is 9.84. The van der Waals surface area contributed by atoms with Crippen LogP contribution < -0.4 is 0 Å². The second-order valence-corrected chi connectivity index (χ2v) is 2.58. The second kappa shape index (κ2) is 14.9. The zero-order valence-corrected chi connectivity index (χ0v) is 9.41. The molecule has 4 nitrogen and oxygen atoms in total. The molecule has 0 fully saturated rings. The van der Waals surface area contributed by atoms with Crippen molar-refractivity contribution in [3.63, 3.8) is 0 Å². The summed E-state index contributed by atoms with van der Waals surface area (Å²) in [6.07, 6.45) is 1.98. The van der Waals surface area contributed by atoms with Crippen molar-refractivity contribution in [2.75, 3.05) is 26.4 Å². The third kappa shape index (κ3) is 22.5. The number of ether oxygens (including phenoxy) is 2. The van der Waals surface area contributed by atoms with Gasteiger partial charge >= 0.3 is 5.97 Å². The topological polar surface area (TPSA) is 55.8 Å². The average Bonchev–Trinajstić information content (AvgIpc) is 2.15. The molecular weight excluding hydrogens is 184 g/mol. The molecule has 0 aliphatic carbocycles. The quantitative estimate of drug-likeness (QED) is 0.647. The first-order valence-electron chi connectivity index (χ1n) is 5.06. The van der Waals surface area contributed by atoms with E-state index in [1.165, 1.54) is 0 Å². The number of hydrogen-bond acceptors (Lipinski definition) is 3. The van der Waals surface area contributed by atoms with Crippen LogP contribution in [0.4, 0.5) is 0 Å². The molecule has 0 aromatic carbocycles. The molecule has 0 amide bonds. The van der Waals surface area contributed by atoms with Crippen LogP contribution in [0.2, 0.25) is 0 Å². The van der Waals surface area contributed by atoms with Gasteiger partial charge in [0, 0.05) is 19.8 Å². The van der Waals surface area contributed by atoms with Crippen molar-refractivity contribution in [2.45, 2.75) is 33.6 Å². The molecule has 14 heavy (non-hydrogen) atoms. The van der Waals surface area contributed by atoms with E-state index < -0.39 is 5.97 Å². The van der Waals surface area contributed by atoms with E-state index in [-0.39, 0.29) is 6.61 Å².